The van der Waals surface area contributed by atoms with E-state index >= 15 is 0 Å². The summed E-state index contributed by atoms with van der Waals surface area (Å²) in [6, 6.07) is 20.0. The highest BCUT2D eigenvalue weighted by Gasteiger charge is 2.46. The van der Waals surface area contributed by atoms with E-state index < -0.39 is 11.4 Å². The van der Waals surface area contributed by atoms with Crippen LogP contribution in [0.5, 0.6) is 0 Å². The smallest absolute Gasteiger partial charge is 0.328 e. The molecule has 0 amide bonds. The first kappa shape index (κ1) is 25.4. The largest absolute Gasteiger partial charge is 0.461 e. The lowest BCUT2D eigenvalue weighted by Crippen LogP contribution is -2.47. The summed E-state index contributed by atoms with van der Waals surface area (Å²) in [5.41, 5.74) is 1.61. The van der Waals surface area contributed by atoms with Gasteiger partial charge in [-0.05, 0) is 61.0 Å². The second kappa shape index (κ2) is 10.9. The van der Waals surface area contributed by atoms with E-state index in [4.69, 9.17) is 4.74 Å². The van der Waals surface area contributed by atoms with Gasteiger partial charge in [-0.15, -0.1) is 0 Å². The molecule has 0 aromatic heterocycles. The predicted octanol–water partition coefficient (Wildman–Crippen LogP) is 7.34. The molecule has 2 aromatic rings. The molecule has 2 fully saturated rings. The van der Waals surface area contributed by atoms with Crippen molar-refractivity contribution in [3.05, 3.63) is 83.4 Å². The fraction of sp³-hybridized carbons (Fsp3) is 0.500. The molecule has 2 aliphatic carbocycles. The molecule has 3 nitrogen and oxygen atoms in total. The van der Waals surface area contributed by atoms with Crippen molar-refractivity contribution in [3.8, 4) is 0 Å². The Balaban J connectivity index is 1.69. The normalized spacial score (nSPS) is 24.8. The van der Waals surface area contributed by atoms with Crippen LogP contribution in [-0.2, 0) is 25.2 Å². The van der Waals surface area contributed by atoms with Crippen LogP contribution >= 0.6 is 0 Å². The molecule has 0 heterocycles. The van der Waals surface area contributed by atoms with E-state index in [1.165, 1.54) is 17.6 Å². The van der Waals surface area contributed by atoms with E-state index in [0.29, 0.717) is 11.5 Å². The number of allylic oxidation sites excluding steroid dienone is 1. The Morgan fingerprint density at radius 3 is 2.09 bits per heavy atom. The summed E-state index contributed by atoms with van der Waals surface area (Å²) in [5, 5.41) is 0. The molecule has 35 heavy (non-hydrogen) atoms. The first-order valence-electron chi connectivity index (χ1n) is 13.4. The van der Waals surface area contributed by atoms with Crippen LogP contribution in [0.15, 0.2) is 72.3 Å². The van der Waals surface area contributed by atoms with Crippen molar-refractivity contribution in [2.45, 2.75) is 89.1 Å². The van der Waals surface area contributed by atoms with E-state index in [-0.39, 0.29) is 17.4 Å². The van der Waals surface area contributed by atoms with Gasteiger partial charge in [0.2, 0.25) is 0 Å². The Morgan fingerprint density at radius 1 is 0.886 bits per heavy atom. The number of hydrogen-bond acceptors (Lipinski definition) is 3. The fourth-order valence-electron chi connectivity index (χ4n) is 6.20. The van der Waals surface area contributed by atoms with E-state index in [9.17, 15) is 9.59 Å². The van der Waals surface area contributed by atoms with Crippen LogP contribution in [0.4, 0.5) is 0 Å². The van der Waals surface area contributed by atoms with Crippen LogP contribution in [0.1, 0.15) is 83.3 Å². The summed E-state index contributed by atoms with van der Waals surface area (Å²) in [7, 11) is 0. The van der Waals surface area contributed by atoms with E-state index in [1.807, 2.05) is 42.5 Å². The lowest BCUT2D eigenvalue weighted by atomic mass is 9.64. The number of carbonyl (C=O) groups excluding carboxylic acids is 2. The van der Waals surface area contributed by atoms with Gasteiger partial charge in [-0.2, -0.15) is 0 Å². The van der Waals surface area contributed by atoms with Crippen LogP contribution in [0.2, 0.25) is 0 Å². The Kier molecular flexibility index (Phi) is 7.94. The number of carbonyl (C=O) groups is 2. The summed E-state index contributed by atoms with van der Waals surface area (Å²) < 4.78 is 6.42. The highest BCUT2D eigenvalue weighted by molar-refractivity contribution is 6.02. The highest BCUT2D eigenvalue weighted by atomic mass is 16.5. The fourth-order valence-corrected chi connectivity index (χ4v) is 6.20. The monoisotopic (exact) mass is 472 g/mol. The molecule has 0 spiro atoms. The summed E-state index contributed by atoms with van der Waals surface area (Å²) >= 11 is 0. The van der Waals surface area contributed by atoms with Gasteiger partial charge >= 0.3 is 5.97 Å². The zero-order chi connectivity index (χ0) is 24.9. The second-order valence-electron chi connectivity index (χ2n) is 11.3. The summed E-state index contributed by atoms with van der Waals surface area (Å²) in [6.07, 6.45) is 10.8. The van der Waals surface area contributed by atoms with E-state index in [1.54, 1.807) is 0 Å². The molecule has 2 saturated carbocycles. The average molecular weight is 473 g/mol. The summed E-state index contributed by atoms with van der Waals surface area (Å²) in [4.78, 5) is 26.9. The average Bonchev–Trinajstić information content (AvgIpc) is 2.89. The van der Waals surface area contributed by atoms with Crippen molar-refractivity contribution in [1.82, 2.24) is 0 Å². The Labute approximate surface area is 211 Å². The van der Waals surface area contributed by atoms with E-state index in [0.717, 1.165) is 51.2 Å². The maximum atomic E-state index is 14.1. The minimum Gasteiger partial charge on any atom is -0.461 e. The minimum absolute atomic E-state index is 0.148. The maximum absolute atomic E-state index is 14.1. The third kappa shape index (κ3) is 5.44. The van der Waals surface area contributed by atoms with Gasteiger partial charge in [-0.1, -0.05) is 106 Å². The molecule has 0 N–H and O–H groups in total. The van der Waals surface area contributed by atoms with Gasteiger partial charge in [0.1, 0.15) is 12.4 Å². The Bertz CT molecular complexity index is 1020. The van der Waals surface area contributed by atoms with Crippen LogP contribution < -0.4 is 0 Å². The number of esters is 1. The number of rotatable bonds is 7. The molecule has 3 heteroatoms. The predicted molar refractivity (Wildman–Crippen MR) is 141 cm³/mol. The van der Waals surface area contributed by atoms with Crippen LogP contribution in [0.25, 0.3) is 0 Å². The molecule has 4 atom stereocenters. The van der Waals surface area contributed by atoms with Crippen LogP contribution in [0.3, 0.4) is 0 Å². The lowest BCUT2D eigenvalue weighted by Gasteiger charge is -2.44. The minimum atomic E-state index is -1.39. The van der Waals surface area contributed by atoms with Crippen molar-refractivity contribution in [2.75, 3.05) is 0 Å². The van der Waals surface area contributed by atoms with Gasteiger partial charge in [0.25, 0.3) is 0 Å². The van der Waals surface area contributed by atoms with Crippen molar-refractivity contribution in [3.63, 3.8) is 0 Å². The first-order chi connectivity index (χ1) is 16.9. The van der Waals surface area contributed by atoms with Gasteiger partial charge in [-0.25, -0.2) is 0 Å². The zero-order valence-electron chi connectivity index (χ0n) is 21.5. The van der Waals surface area contributed by atoms with E-state index in [2.05, 4.69) is 45.0 Å². The highest BCUT2D eigenvalue weighted by Crippen LogP contribution is 2.44. The Morgan fingerprint density at radius 2 is 1.49 bits per heavy atom. The molecule has 2 aromatic carbocycles. The topological polar surface area (TPSA) is 43.4 Å². The van der Waals surface area contributed by atoms with Gasteiger partial charge in [0.15, 0.2) is 5.41 Å². The van der Waals surface area contributed by atoms with Crippen molar-refractivity contribution in [1.29, 1.82) is 0 Å². The molecule has 4 rings (SSSR count). The molecule has 0 unspecified atom stereocenters. The zero-order valence-corrected chi connectivity index (χ0v) is 21.5. The SMILES string of the molecule is C[C@@H]1CC[C@@H](C(C)(C)c2ccccc2)[C@H](OC(=O)[C@](C=O)(C=C2CCCCC2)c2ccccc2)C1. The molecular weight excluding hydrogens is 432 g/mol. The van der Waals surface area contributed by atoms with Crippen LogP contribution in [-0.4, -0.2) is 18.4 Å². The third-order valence-electron chi connectivity index (χ3n) is 8.46. The van der Waals surface area contributed by atoms with Crippen LogP contribution in [0, 0.1) is 11.8 Å². The molecule has 0 aliphatic heterocycles. The van der Waals surface area contributed by atoms with Crippen molar-refractivity contribution in [2.24, 2.45) is 11.8 Å². The van der Waals surface area contributed by atoms with Gasteiger partial charge in [0, 0.05) is 5.92 Å². The Hall–Kier alpha value is -2.68. The third-order valence-corrected chi connectivity index (χ3v) is 8.46. The standard InChI is InChI=1S/C32H40O3/c1-24-19-20-28(31(2,3)26-15-9-5-10-16-26)29(21-24)35-30(34)32(23-33,27-17-11-6-12-18-27)22-25-13-7-4-8-14-25/h5-6,9-12,15-18,22-24,28-29H,4,7-8,13-14,19-21H2,1-3H3/t24-,28-,29-,32+/m1/s1. The number of ether oxygens (including phenoxy) is 1. The maximum Gasteiger partial charge on any atom is 0.328 e. The van der Waals surface area contributed by atoms with Gasteiger partial charge in [-0.3, -0.25) is 4.79 Å². The summed E-state index contributed by atoms with van der Waals surface area (Å²) in [6.45, 7) is 6.76. The lowest BCUT2D eigenvalue weighted by molar-refractivity contribution is -0.162. The van der Waals surface area contributed by atoms with Gasteiger partial charge in [0.05, 0.1) is 0 Å². The van der Waals surface area contributed by atoms with Crippen molar-refractivity contribution < 1.29 is 14.3 Å². The molecule has 2 aliphatic rings. The van der Waals surface area contributed by atoms with Gasteiger partial charge < -0.3 is 9.53 Å². The summed E-state index contributed by atoms with van der Waals surface area (Å²) in [5.74, 6) is 0.243. The second-order valence-corrected chi connectivity index (χ2v) is 11.3. The first-order valence-corrected chi connectivity index (χ1v) is 13.4. The number of aldehydes is 1. The van der Waals surface area contributed by atoms with Crippen molar-refractivity contribution >= 4 is 12.3 Å². The quantitative estimate of drug-likeness (QED) is 0.183. The molecule has 0 saturated heterocycles. The number of benzene rings is 2. The molecular formula is C32H40O3. The molecule has 0 radical (unpaired) electrons. The number of hydrogen-bond donors (Lipinski definition) is 0. The molecule has 0 bridgehead atoms. The molecule has 186 valence electrons.